The molecule has 2 N–H and O–H groups in total. The van der Waals surface area contributed by atoms with Crippen LogP contribution in [-0.4, -0.2) is 39.6 Å². The zero-order valence-corrected chi connectivity index (χ0v) is 12.2. The van der Waals surface area contributed by atoms with Gasteiger partial charge in [0, 0.05) is 12.5 Å². The second-order valence-electron chi connectivity index (χ2n) is 5.19. The highest BCUT2D eigenvalue weighted by atomic mass is 16.4. The maximum Gasteiger partial charge on any atom is 0.323 e. The van der Waals surface area contributed by atoms with Gasteiger partial charge in [-0.1, -0.05) is 19.8 Å². The Labute approximate surface area is 123 Å². The van der Waals surface area contributed by atoms with Gasteiger partial charge in [0.2, 0.25) is 5.89 Å². The average molecular weight is 295 g/mol. The number of aryl methyl sites for hydroxylation is 1. The first kappa shape index (κ1) is 15.3. The molecule has 1 aliphatic rings. The molecule has 0 atom stereocenters. The first-order chi connectivity index (χ1) is 10.1. The number of aromatic nitrogens is 1. The van der Waals surface area contributed by atoms with Crippen LogP contribution in [0.25, 0.3) is 0 Å². The molecule has 2 rings (SSSR count). The molecule has 7 nitrogen and oxygen atoms in total. The van der Waals surface area contributed by atoms with Crippen molar-refractivity contribution in [3.63, 3.8) is 0 Å². The molecule has 1 aromatic rings. The van der Waals surface area contributed by atoms with Gasteiger partial charge in [-0.2, -0.15) is 0 Å². The molecule has 0 saturated heterocycles. The molecule has 0 aromatic carbocycles. The summed E-state index contributed by atoms with van der Waals surface area (Å²) < 4.78 is 5.41. The molecule has 0 spiro atoms. The van der Waals surface area contributed by atoms with Gasteiger partial charge in [0.1, 0.15) is 12.3 Å². The lowest BCUT2D eigenvalue weighted by molar-refractivity contribution is -0.138. The van der Waals surface area contributed by atoms with Gasteiger partial charge in [-0.25, -0.2) is 9.78 Å². The molecule has 1 heterocycles. The minimum Gasteiger partial charge on any atom is -0.480 e. The van der Waals surface area contributed by atoms with Crippen molar-refractivity contribution in [3.8, 4) is 0 Å². The van der Waals surface area contributed by atoms with Crippen LogP contribution >= 0.6 is 0 Å². The maximum atomic E-state index is 12.2. The summed E-state index contributed by atoms with van der Waals surface area (Å²) in [5, 5.41) is 11.6. The molecule has 21 heavy (non-hydrogen) atoms. The van der Waals surface area contributed by atoms with Crippen LogP contribution in [0.4, 0.5) is 4.79 Å². The van der Waals surface area contributed by atoms with Crippen LogP contribution in [0.1, 0.15) is 44.3 Å². The van der Waals surface area contributed by atoms with Gasteiger partial charge < -0.3 is 19.7 Å². The largest absolute Gasteiger partial charge is 0.480 e. The highest BCUT2D eigenvalue weighted by Gasteiger charge is 2.28. The van der Waals surface area contributed by atoms with Gasteiger partial charge in [0.05, 0.1) is 12.7 Å². The number of rotatable bonds is 6. The fourth-order valence-electron chi connectivity index (χ4n) is 2.57. The Morgan fingerprint density at radius 2 is 2.19 bits per heavy atom. The predicted octanol–water partition coefficient (Wildman–Crippen LogP) is 1.78. The number of amides is 2. The molecule has 1 aliphatic carbocycles. The number of hydrogen-bond acceptors (Lipinski definition) is 4. The molecular weight excluding hydrogens is 274 g/mol. The number of carboxylic acid groups (broad SMARTS) is 1. The quantitative estimate of drug-likeness (QED) is 0.834. The number of oxazole rings is 1. The smallest absolute Gasteiger partial charge is 0.323 e. The maximum absolute atomic E-state index is 12.2. The van der Waals surface area contributed by atoms with Crippen molar-refractivity contribution < 1.29 is 19.1 Å². The summed E-state index contributed by atoms with van der Waals surface area (Å²) in [6, 6.07) is -0.364. The van der Waals surface area contributed by atoms with E-state index in [-0.39, 0.29) is 25.2 Å². The molecule has 0 radical (unpaired) electrons. The number of hydrogen-bond donors (Lipinski definition) is 2. The summed E-state index contributed by atoms with van der Waals surface area (Å²) in [6.07, 6.45) is 6.17. The van der Waals surface area contributed by atoms with Crippen LogP contribution in [0.15, 0.2) is 10.6 Å². The lowest BCUT2D eigenvalue weighted by Crippen LogP contribution is -2.47. The van der Waals surface area contributed by atoms with Gasteiger partial charge >= 0.3 is 12.0 Å². The van der Waals surface area contributed by atoms with Gasteiger partial charge in [-0.3, -0.25) is 4.79 Å². The Morgan fingerprint density at radius 3 is 2.76 bits per heavy atom. The molecule has 1 saturated carbocycles. The van der Waals surface area contributed by atoms with E-state index in [1.807, 2.05) is 6.92 Å². The van der Waals surface area contributed by atoms with Crippen LogP contribution in [0.2, 0.25) is 0 Å². The van der Waals surface area contributed by atoms with Crippen LogP contribution in [-0.2, 0) is 17.8 Å². The van der Waals surface area contributed by atoms with E-state index in [2.05, 4.69) is 10.3 Å². The summed E-state index contributed by atoms with van der Waals surface area (Å²) in [5.74, 6) is 0.195. The Hall–Kier alpha value is -2.05. The Morgan fingerprint density at radius 1 is 1.48 bits per heavy atom. The van der Waals surface area contributed by atoms with Crippen molar-refractivity contribution in [2.75, 3.05) is 6.54 Å². The summed E-state index contributed by atoms with van der Waals surface area (Å²) in [7, 11) is 0. The zero-order valence-electron chi connectivity index (χ0n) is 12.2. The van der Waals surface area contributed by atoms with E-state index in [1.54, 1.807) is 6.20 Å². The third-order valence-corrected chi connectivity index (χ3v) is 3.67. The summed E-state index contributed by atoms with van der Waals surface area (Å²) in [5.41, 5.74) is 0. The van der Waals surface area contributed by atoms with E-state index in [0.29, 0.717) is 5.89 Å². The van der Waals surface area contributed by atoms with Crippen molar-refractivity contribution in [1.82, 2.24) is 15.2 Å². The molecular formula is C14H21N3O4. The molecule has 7 heteroatoms. The first-order valence-corrected chi connectivity index (χ1v) is 7.30. The van der Waals surface area contributed by atoms with Crippen molar-refractivity contribution >= 4 is 12.0 Å². The van der Waals surface area contributed by atoms with E-state index in [0.717, 1.165) is 37.9 Å². The third-order valence-electron chi connectivity index (χ3n) is 3.67. The highest BCUT2D eigenvalue weighted by Crippen LogP contribution is 2.23. The molecule has 0 aliphatic heterocycles. The third kappa shape index (κ3) is 4.21. The number of carboxylic acids is 1. The second kappa shape index (κ2) is 7.10. The van der Waals surface area contributed by atoms with E-state index < -0.39 is 5.97 Å². The van der Waals surface area contributed by atoms with Gasteiger partial charge in [-0.05, 0) is 12.8 Å². The predicted molar refractivity (Wildman–Crippen MR) is 74.7 cm³/mol. The monoisotopic (exact) mass is 295 g/mol. The fourth-order valence-corrected chi connectivity index (χ4v) is 2.57. The van der Waals surface area contributed by atoms with Crippen molar-refractivity contribution in [1.29, 1.82) is 0 Å². The fraction of sp³-hybridized carbons (Fsp3) is 0.643. The van der Waals surface area contributed by atoms with Crippen molar-refractivity contribution in [2.45, 2.75) is 51.6 Å². The average Bonchev–Trinajstić information content (AvgIpc) is 3.12. The van der Waals surface area contributed by atoms with Crippen LogP contribution in [0, 0.1) is 0 Å². The molecule has 1 fully saturated rings. The number of carbonyl (C=O) groups is 2. The number of nitrogens with one attached hydrogen (secondary N) is 1. The van der Waals surface area contributed by atoms with E-state index in [4.69, 9.17) is 9.52 Å². The van der Waals surface area contributed by atoms with Crippen molar-refractivity contribution in [3.05, 3.63) is 17.8 Å². The Kier molecular flexibility index (Phi) is 5.19. The zero-order chi connectivity index (χ0) is 15.2. The number of carbonyl (C=O) groups excluding carboxylic acids is 1. The lowest BCUT2D eigenvalue weighted by Gasteiger charge is -2.27. The van der Waals surface area contributed by atoms with E-state index in [9.17, 15) is 9.59 Å². The molecule has 0 bridgehead atoms. The summed E-state index contributed by atoms with van der Waals surface area (Å²) >= 11 is 0. The first-order valence-electron chi connectivity index (χ1n) is 7.30. The SMILES string of the molecule is CCc1cnc(CNC(=O)N(CC(=O)O)C2CCCC2)o1. The highest BCUT2D eigenvalue weighted by molar-refractivity contribution is 5.80. The molecule has 0 unspecified atom stereocenters. The van der Waals surface area contributed by atoms with Gasteiger partial charge in [0.25, 0.3) is 0 Å². The summed E-state index contributed by atoms with van der Waals surface area (Å²) in [6.45, 7) is 1.85. The number of aliphatic carboxylic acids is 1. The summed E-state index contributed by atoms with van der Waals surface area (Å²) in [4.78, 5) is 28.6. The van der Waals surface area contributed by atoms with E-state index in [1.165, 1.54) is 4.90 Å². The van der Waals surface area contributed by atoms with Crippen LogP contribution < -0.4 is 5.32 Å². The lowest BCUT2D eigenvalue weighted by atomic mass is 10.2. The molecule has 116 valence electrons. The second-order valence-corrected chi connectivity index (χ2v) is 5.19. The van der Waals surface area contributed by atoms with Gasteiger partial charge in [0.15, 0.2) is 0 Å². The van der Waals surface area contributed by atoms with Crippen molar-refractivity contribution in [2.24, 2.45) is 0 Å². The molecule has 1 aromatic heterocycles. The standard InChI is InChI=1S/C14H21N3O4/c1-2-11-7-15-12(21-11)8-16-14(20)17(9-13(18)19)10-5-3-4-6-10/h7,10H,2-6,8-9H2,1H3,(H,16,20)(H,18,19). The molecule has 2 amide bonds. The topological polar surface area (TPSA) is 95.7 Å². The minimum atomic E-state index is -0.999. The van der Waals surface area contributed by atoms with E-state index >= 15 is 0 Å². The Bertz CT molecular complexity index is 494. The number of nitrogens with zero attached hydrogens (tertiary/aromatic N) is 2. The van der Waals surface area contributed by atoms with Gasteiger partial charge in [-0.15, -0.1) is 0 Å². The van der Waals surface area contributed by atoms with Crippen LogP contribution in [0.3, 0.4) is 0 Å². The Balaban J connectivity index is 1.92. The number of urea groups is 1. The minimum absolute atomic E-state index is 0.0110. The normalized spacial score (nSPS) is 15.1. The van der Waals surface area contributed by atoms with Crippen LogP contribution in [0.5, 0.6) is 0 Å².